The Hall–Kier alpha value is -1.10. The number of carbonyl (C=O) groups excluding carboxylic acids is 1. The second kappa shape index (κ2) is 4.53. The Morgan fingerprint density at radius 3 is 2.89 bits per heavy atom. The number of anilines is 1. The van der Waals surface area contributed by atoms with E-state index in [1.165, 1.54) is 0 Å². The summed E-state index contributed by atoms with van der Waals surface area (Å²) in [7, 11) is 0. The summed E-state index contributed by atoms with van der Waals surface area (Å²) in [6.07, 6.45) is 1.89. The lowest BCUT2D eigenvalue weighted by Crippen LogP contribution is -2.03. The Bertz CT molecular complexity index is 677. The predicted molar refractivity (Wildman–Crippen MR) is 80.0 cm³/mol. The van der Waals surface area contributed by atoms with Gasteiger partial charge in [0.05, 0.1) is 9.47 Å². The van der Waals surface area contributed by atoms with Gasteiger partial charge < -0.3 is 5.32 Å². The minimum absolute atomic E-state index is 0.0883. The highest BCUT2D eigenvalue weighted by atomic mass is 79.9. The molecular weight excluding hydrogens is 334 g/mol. The van der Waals surface area contributed by atoms with Gasteiger partial charge in [-0.2, -0.15) is 0 Å². The minimum atomic E-state index is -0.0883. The molecule has 2 aromatic rings. The van der Waals surface area contributed by atoms with E-state index in [-0.39, 0.29) is 5.91 Å². The molecule has 5 heteroatoms. The number of halogens is 2. The number of rotatable bonds is 1. The molecule has 3 rings (SSSR count). The van der Waals surface area contributed by atoms with Gasteiger partial charge in [0.25, 0.3) is 5.91 Å². The highest BCUT2D eigenvalue weighted by molar-refractivity contribution is 9.11. The highest BCUT2D eigenvalue weighted by Crippen LogP contribution is 2.35. The van der Waals surface area contributed by atoms with Crippen molar-refractivity contribution >= 4 is 62.1 Å². The van der Waals surface area contributed by atoms with E-state index >= 15 is 0 Å². The number of fused-ring (bicyclic) bond motifs is 1. The van der Waals surface area contributed by atoms with Crippen LogP contribution in [0.4, 0.5) is 5.69 Å². The lowest BCUT2D eigenvalue weighted by molar-refractivity contribution is -0.110. The molecule has 0 atom stereocenters. The molecule has 1 aliphatic heterocycles. The van der Waals surface area contributed by atoms with Crippen LogP contribution in [-0.4, -0.2) is 5.91 Å². The zero-order valence-electron chi connectivity index (χ0n) is 9.04. The molecule has 0 radical (unpaired) electrons. The Kier molecular flexibility index (Phi) is 3.01. The maximum absolute atomic E-state index is 11.9. The molecule has 0 saturated carbocycles. The molecule has 0 fully saturated rings. The fourth-order valence-electron chi connectivity index (χ4n) is 1.88. The minimum Gasteiger partial charge on any atom is -0.321 e. The smallest absolute Gasteiger partial charge is 0.256 e. The van der Waals surface area contributed by atoms with Gasteiger partial charge in [0.15, 0.2) is 0 Å². The summed E-state index contributed by atoms with van der Waals surface area (Å²) < 4.78 is 1.05. The Balaban J connectivity index is 2.09. The molecule has 1 aliphatic rings. The van der Waals surface area contributed by atoms with Crippen molar-refractivity contribution in [1.82, 2.24) is 0 Å². The van der Waals surface area contributed by atoms with Gasteiger partial charge >= 0.3 is 0 Å². The molecular formula is C13H7BrClNOS. The first-order valence-corrected chi connectivity index (χ1v) is 7.25. The van der Waals surface area contributed by atoms with E-state index in [9.17, 15) is 4.79 Å². The zero-order valence-corrected chi connectivity index (χ0v) is 12.2. The monoisotopic (exact) mass is 339 g/mol. The van der Waals surface area contributed by atoms with Crippen LogP contribution in [0.1, 0.15) is 11.1 Å². The first kappa shape index (κ1) is 12.0. The number of thiophene rings is 1. The van der Waals surface area contributed by atoms with Crippen molar-refractivity contribution in [2.75, 3.05) is 5.32 Å². The molecule has 2 heterocycles. The number of hydrogen-bond donors (Lipinski definition) is 1. The van der Waals surface area contributed by atoms with Crippen molar-refractivity contribution in [2.45, 2.75) is 0 Å². The normalized spacial score (nSPS) is 15.9. The number of nitrogens with one attached hydrogen (secondary N) is 1. The second-order valence-corrected chi connectivity index (χ2v) is 6.61. The third kappa shape index (κ3) is 2.11. The van der Waals surface area contributed by atoms with Crippen molar-refractivity contribution in [3.05, 3.63) is 49.6 Å². The highest BCUT2D eigenvalue weighted by Gasteiger charge is 2.24. The van der Waals surface area contributed by atoms with Gasteiger partial charge in [0, 0.05) is 16.2 Å². The number of benzene rings is 1. The number of hydrogen-bond acceptors (Lipinski definition) is 2. The zero-order chi connectivity index (χ0) is 12.7. The van der Waals surface area contributed by atoms with E-state index in [0.717, 1.165) is 20.6 Å². The molecule has 0 aliphatic carbocycles. The molecule has 0 unspecified atom stereocenters. The van der Waals surface area contributed by atoms with E-state index in [1.54, 1.807) is 23.5 Å². The lowest BCUT2D eigenvalue weighted by Gasteiger charge is -1.98. The van der Waals surface area contributed by atoms with Gasteiger partial charge in [-0.3, -0.25) is 4.79 Å². The van der Waals surface area contributed by atoms with Crippen molar-refractivity contribution in [3.63, 3.8) is 0 Å². The van der Waals surface area contributed by atoms with Crippen LogP contribution in [0.2, 0.25) is 5.02 Å². The summed E-state index contributed by atoms with van der Waals surface area (Å²) in [5, 5.41) is 5.43. The van der Waals surface area contributed by atoms with E-state index in [0.29, 0.717) is 10.6 Å². The molecule has 0 saturated heterocycles. The van der Waals surface area contributed by atoms with Crippen LogP contribution < -0.4 is 5.32 Å². The summed E-state index contributed by atoms with van der Waals surface area (Å²) in [6, 6.07) is 7.40. The number of amides is 1. The van der Waals surface area contributed by atoms with Crippen molar-refractivity contribution in [3.8, 4) is 0 Å². The van der Waals surface area contributed by atoms with E-state index < -0.39 is 0 Å². The molecule has 18 heavy (non-hydrogen) atoms. The van der Waals surface area contributed by atoms with Gasteiger partial charge in [-0.05, 0) is 51.1 Å². The fourth-order valence-corrected chi connectivity index (χ4v) is 3.18. The molecule has 1 aromatic heterocycles. The third-order valence-electron chi connectivity index (χ3n) is 2.66. The van der Waals surface area contributed by atoms with E-state index in [2.05, 4.69) is 21.2 Å². The first-order valence-electron chi connectivity index (χ1n) is 5.20. The average molecular weight is 341 g/mol. The Labute approximate surface area is 121 Å². The van der Waals surface area contributed by atoms with Gasteiger partial charge in [0.2, 0.25) is 0 Å². The molecule has 0 bridgehead atoms. The second-order valence-electron chi connectivity index (χ2n) is 3.89. The van der Waals surface area contributed by atoms with Crippen LogP contribution >= 0.6 is 38.9 Å². The van der Waals surface area contributed by atoms with Crippen LogP contribution in [0.3, 0.4) is 0 Å². The lowest BCUT2D eigenvalue weighted by atomic mass is 10.1. The van der Waals surface area contributed by atoms with Crippen LogP contribution in [0, 0.1) is 0 Å². The van der Waals surface area contributed by atoms with E-state index in [1.807, 2.05) is 23.6 Å². The summed E-state index contributed by atoms with van der Waals surface area (Å²) in [5.41, 5.74) is 3.35. The summed E-state index contributed by atoms with van der Waals surface area (Å²) in [5.74, 6) is -0.0883. The molecule has 0 spiro atoms. The SMILES string of the molecule is O=C1Nc2cc(Cl)ccc2/C1=C\c1csc(Br)c1. The maximum atomic E-state index is 11.9. The Morgan fingerprint density at radius 2 is 2.17 bits per heavy atom. The molecule has 2 nitrogen and oxygen atoms in total. The summed E-state index contributed by atoms with van der Waals surface area (Å²) >= 11 is 10.9. The maximum Gasteiger partial charge on any atom is 0.256 e. The molecule has 1 aromatic carbocycles. The van der Waals surface area contributed by atoms with Crippen LogP contribution in [0.25, 0.3) is 11.6 Å². The van der Waals surface area contributed by atoms with Crippen LogP contribution in [-0.2, 0) is 4.79 Å². The van der Waals surface area contributed by atoms with Crippen LogP contribution in [0.15, 0.2) is 33.4 Å². The van der Waals surface area contributed by atoms with Crippen molar-refractivity contribution in [2.24, 2.45) is 0 Å². The standard InChI is InChI=1S/C13H7BrClNOS/c14-12-4-7(6-18-12)3-10-9-2-1-8(15)5-11(9)16-13(10)17/h1-6H,(H,16,17)/b10-3+. The molecule has 1 amide bonds. The first-order chi connectivity index (χ1) is 8.63. The fraction of sp³-hybridized carbons (Fsp3) is 0. The Morgan fingerprint density at radius 1 is 1.33 bits per heavy atom. The third-order valence-corrected chi connectivity index (χ3v) is 4.42. The van der Waals surface area contributed by atoms with E-state index in [4.69, 9.17) is 11.6 Å². The van der Waals surface area contributed by atoms with Gasteiger partial charge in [0.1, 0.15) is 0 Å². The molecule has 1 N–H and O–H groups in total. The average Bonchev–Trinajstić information content (AvgIpc) is 2.84. The topological polar surface area (TPSA) is 29.1 Å². The quantitative estimate of drug-likeness (QED) is 0.752. The summed E-state index contributed by atoms with van der Waals surface area (Å²) in [4.78, 5) is 11.9. The van der Waals surface area contributed by atoms with Crippen LogP contribution in [0.5, 0.6) is 0 Å². The molecule has 90 valence electrons. The van der Waals surface area contributed by atoms with Crippen molar-refractivity contribution < 1.29 is 4.79 Å². The van der Waals surface area contributed by atoms with Gasteiger partial charge in [-0.15, -0.1) is 11.3 Å². The van der Waals surface area contributed by atoms with Gasteiger partial charge in [-0.1, -0.05) is 17.7 Å². The van der Waals surface area contributed by atoms with Crippen molar-refractivity contribution in [1.29, 1.82) is 0 Å². The summed E-state index contributed by atoms with van der Waals surface area (Å²) in [6.45, 7) is 0. The predicted octanol–water partition coefficient (Wildman–Crippen LogP) is 4.66. The van der Waals surface area contributed by atoms with Gasteiger partial charge in [-0.25, -0.2) is 0 Å². The number of carbonyl (C=O) groups is 1. The largest absolute Gasteiger partial charge is 0.321 e.